The van der Waals surface area contributed by atoms with Gasteiger partial charge < -0.3 is 5.32 Å². The fourth-order valence-electron chi connectivity index (χ4n) is 1.14. The highest BCUT2D eigenvalue weighted by Crippen LogP contribution is 2.20. The molecule has 0 fully saturated rings. The van der Waals surface area contributed by atoms with Gasteiger partial charge in [-0.2, -0.15) is 0 Å². The first-order chi connectivity index (χ1) is 6.09. The van der Waals surface area contributed by atoms with Crippen molar-refractivity contribution in [3.8, 4) is 0 Å². The minimum absolute atomic E-state index is 0.913. The molecule has 0 saturated carbocycles. The highest BCUT2D eigenvalue weighted by atomic mass is 32.1. The predicted octanol–water partition coefficient (Wildman–Crippen LogP) is 3.03. The van der Waals surface area contributed by atoms with Gasteiger partial charge in [-0.05, 0) is 32.4 Å². The Hall–Kier alpha value is -0.600. The summed E-state index contributed by atoms with van der Waals surface area (Å²) in [7, 11) is 0. The molecule has 1 N–H and O–H groups in total. The fourth-order valence-corrected chi connectivity index (χ4v) is 2.16. The number of rotatable bonds is 4. The van der Waals surface area contributed by atoms with Crippen LogP contribution < -0.4 is 5.32 Å². The van der Waals surface area contributed by atoms with E-state index in [4.69, 9.17) is 0 Å². The maximum absolute atomic E-state index is 3.85. The molecule has 13 heavy (non-hydrogen) atoms. The highest BCUT2D eigenvalue weighted by molar-refractivity contribution is 7.12. The molecule has 1 heterocycles. The van der Waals surface area contributed by atoms with Crippen molar-refractivity contribution in [3.05, 3.63) is 33.5 Å². The minimum Gasteiger partial charge on any atom is -0.308 e. The molecule has 0 amide bonds. The van der Waals surface area contributed by atoms with Crippen LogP contribution in [-0.2, 0) is 6.54 Å². The maximum Gasteiger partial charge on any atom is 0.0302 e. The number of hydrogen-bond donors (Lipinski definition) is 1. The second-order valence-electron chi connectivity index (χ2n) is 3.51. The molecule has 0 aromatic carbocycles. The summed E-state index contributed by atoms with van der Waals surface area (Å²) in [6.07, 6.45) is 0. The lowest BCUT2D eigenvalue weighted by Gasteiger charge is -2.00. The Bertz CT molecular complexity index is 280. The molecule has 0 aliphatic carbocycles. The van der Waals surface area contributed by atoms with Crippen LogP contribution in [0.15, 0.2) is 18.2 Å². The number of aryl methyl sites for hydroxylation is 2. The number of hydrogen-bond acceptors (Lipinski definition) is 2. The van der Waals surface area contributed by atoms with Crippen LogP contribution in [0.5, 0.6) is 0 Å². The lowest BCUT2D eigenvalue weighted by molar-refractivity contribution is 0.750. The van der Waals surface area contributed by atoms with Gasteiger partial charge in [-0.15, -0.1) is 11.3 Å². The van der Waals surface area contributed by atoms with E-state index in [-0.39, 0.29) is 0 Å². The van der Waals surface area contributed by atoms with Crippen molar-refractivity contribution in [2.75, 3.05) is 6.54 Å². The smallest absolute Gasteiger partial charge is 0.0302 e. The number of thiophene rings is 1. The van der Waals surface area contributed by atoms with Crippen LogP contribution in [0.2, 0.25) is 0 Å². The van der Waals surface area contributed by atoms with Crippen LogP contribution >= 0.6 is 11.3 Å². The molecule has 0 aliphatic heterocycles. The third-order valence-electron chi connectivity index (χ3n) is 1.94. The van der Waals surface area contributed by atoms with Crippen LogP contribution in [-0.4, -0.2) is 6.54 Å². The van der Waals surface area contributed by atoms with Crippen molar-refractivity contribution in [2.45, 2.75) is 27.3 Å². The van der Waals surface area contributed by atoms with Crippen molar-refractivity contribution in [1.29, 1.82) is 0 Å². The summed E-state index contributed by atoms with van der Waals surface area (Å²) in [6, 6.07) is 2.26. The van der Waals surface area contributed by atoms with Gasteiger partial charge in [0.2, 0.25) is 0 Å². The van der Waals surface area contributed by atoms with Crippen LogP contribution in [0, 0.1) is 13.8 Å². The normalized spacial score (nSPS) is 10.4. The lowest BCUT2D eigenvalue weighted by atomic mass is 10.3. The summed E-state index contributed by atoms with van der Waals surface area (Å²) in [5.41, 5.74) is 2.59. The summed E-state index contributed by atoms with van der Waals surface area (Å²) in [5.74, 6) is 0. The van der Waals surface area contributed by atoms with Gasteiger partial charge in [-0.1, -0.05) is 12.2 Å². The van der Waals surface area contributed by atoms with Gasteiger partial charge >= 0.3 is 0 Å². The van der Waals surface area contributed by atoms with Gasteiger partial charge in [0, 0.05) is 22.8 Å². The number of nitrogens with one attached hydrogen (secondary N) is 1. The molecule has 72 valence electrons. The summed E-state index contributed by atoms with van der Waals surface area (Å²) >= 11 is 1.87. The van der Waals surface area contributed by atoms with E-state index in [2.05, 4.69) is 31.8 Å². The first-order valence-corrected chi connectivity index (χ1v) is 5.32. The van der Waals surface area contributed by atoms with Crippen molar-refractivity contribution >= 4 is 11.3 Å². The summed E-state index contributed by atoms with van der Waals surface area (Å²) < 4.78 is 0. The second-order valence-corrected chi connectivity index (χ2v) is 4.85. The van der Waals surface area contributed by atoms with E-state index in [1.807, 2.05) is 18.3 Å². The molecule has 1 rings (SSSR count). The Morgan fingerprint density at radius 3 is 2.69 bits per heavy atom. The molecule has 0 aliphatic rings. The van der Waals surface area contributed by atoms with E-state index < -0.39 is 0 Å². The van der Waals surface area contributed by atoms with Crippen molar-refractivity contribution < 1.29 is 0 Å². The average Bonchev–Trinajstić information content (AvgIpc) is 2.30. The zero-order chi connectivity index (χ0) is 9.84. The molecule has 0 bridgehead atoms. The molecule has 0 saturated heterocycles. The van der Waals surface area contributed by atoms with Crippen LogP contribution in [0.4, 0.5) is 0 Å². The maximum atomic E-state index is 3.85. The van der Waals surface area contributed by atoms with Crippen molar-refractivity contribution in [3.63, 3.8) is 0 Å². The largest absolute Gasteiger partial charge is 0.308 e. The van der Waals surface area contributed by atoms with E-state index in [9.17, 15) is 0 Å². The molecule has 1 aromatic rings. The van der Waals surface area contributed by atoms with Gasteiger partial charge in [0.15, 0.2) is 0 Å². The minimum atomic E-state index is 0.913. The molecule has 0 spiro atoms. The fraction of sp³-hybridized carbons (Fsp3) is 0.455. The predicted molar refractivity (Wildman–Crippen MR) is 60.3 cm³/mol. The van der Waals surface area contributed by atoms with Gasteiger partial charge in [0.05, 0.1) is 0 Å². The monoisotopic (exact) mass is 195 g/mol. The molecular weight excluding hydrogens is 178 g/mol. The molecular formula is C11H17NS. The van der Waals surface area contributed by atoms with Gasteiger partial charge in [0.25, 0.3) is 0 Å². The van der Waals surface area contributed by atoms with E-state index in [1.54, 1.807) is 0 Å². The standard InChI is InChI=1S/C11H17NS/c1-8(2)6-12-7-11-5-9(3)10(4)13-11/h5,12H,1,6-7H2,2-4H3. The van der Waals surface area contributed by atoms with Crippen LogP contribution in [0.1, 0.15) is 22.2 Å². The van der Waals surface area contributed by atoms with Crippen LogP contribution in [0.3, 0.4) is 0 Å². The van der Waals surface area contributed by atoms with Gasteiger partial charge in [-0.25, -0.2) is 0 Å². The zero-order valence-electron chi connectivity index (χ0n) is 8.61. The second kappa shape index (κ2) is 4.58. The quantitative estimate of drug-likeness (QED) is 0.728. The first kappa shape index (κ1) is 10.5. The Morgan fingerprint density at radius 2 is 2.23 bits per heavy atom. The molecule has 0 atom stereocenters. The van der Waals surface area contributed by atoms with Crippen LogP contribution in [0.25, 0.3) is 0 Å². The van der Waals surface area contributed by atoms with Crippen molar-refractivity contribution in [1.82, 2.24) is 5.32 Å². The summed E-state index contributed by atoms with van der Waals surface area (Å²) in [4.78, 5) is 2.84. The van der Waals surface area contributed by atoms with E-state index in [0.29, 0.717) is 0 Å². The zero-order valence-corrected chi connectivity index (χ0v) is 9.42. The third kappa shape index (κ3) is 3.33. The van der Waals surface area contributed by atoms with Crippen molar-refractivity contribution in [2.24, 2.45) is 0 Å². The molecule has 0 unspecified atom stereocenters. The summed E-state index contributed by atoms with van der Waals surface area (Å²) in [6.45, 7) is 12.1. The Labute approximate surface area is 84.5 Å². The van der Waals surface area contributed by atoms with E-state index in [1.165, 1.54) is 20.9 Å². The Balaban J connectivity index is 2.41. The molecule has 0 radical (unpaired) electrons. The van der Waals surface area contributed by atoms with Gasteiger partial charge in [-0.3, -0.25) is 0 Å². The Morgan fingerprint density at radius 1 is 1.54 bits per heavy atom. The van der Waals surface area contributed by atoms with E-state index in [0.717, 1.165) is 13.1 Å². The third-order valence-corrected chi connectivity index (χ3v) is 3.10. The van der Waals surface area contributed by atoms with Gasteiger partial charge in [0.1, 0.15) is 0 Å². The highest BCUT2D eigenvalue weighted by Gasteiger charge is 2.00. The van der Waals surface area contributed by atoms with E-state index >= 15 is 0 Å². The molecule has 1 aromatic heterocycles. The topological polar surface area (TPSA) is 12.0 Å². The molecule has 1 nitrogen and oxygen atoms in total. The lowest BCUT2D eigenvalue weighted by Crippen LogP contribution is -2.14. The average molecular weight is 195 g/mol. The molecule has 2 heteroatoms. The first-order valence-electron chi connectivity index (χ1n) is 4.50. The SMILES string of the molecule is C=C(C)CNCc1cc(C)c(C)s1. The summed E-state index contributed by atoms with van der Waals surface area (Å²) in [5, 5.41) is 3.35. The Kier molecular flexibility index (Phi) is 3.70.